The molecule has 0 N–H and O–H groups in total. The second-order valence-corrected chi connectivity index (χ2v) is 9.03. The summed E-state index contributed by atoms with van der Waals surface area (Å²) in [6.45, 7) is 4.04. The van der Waals surface area contributed by atoms with Crippen LogP contribution in [0.1, 0.15) is 25.0 Å². The van der Waals surface area contributed by atoms with Crippen molar-refractivity contribution in [3.05, 3.63) is 61.9 Å². The van der Waals surface area contributed by atoms with Crippen molar-refractivity contribution in [3.8, 4) is 11.5 Å². The van der Waals surface area contributed by atoms with Gasteiger partial charge in [-0.3, -0.25) is 14.5 Å². The number of carbonyl (C=O) groups is 3. The van der Waals surface area contributed by atoms with Gasteiger partial charge >= 0.3 is 5.97 Å². The van der Waals surface area contributed by atoms with Gasteiger partial charge in [0, 0.05) is 5.02 Å². The molecule has 2 aromatic carbocycles. The monoisotopic (exact) mass is 553 g/mol. The summed E-state index contributed by atoms with van der Waals surface area (Å²) in [6.07, 6.45) is 1.62. The minimum Gasteiger partial charge on any atom is -0.490 e. The lowest BCUT2D eigenvalue weighted by Gasteiger charge is -2.14. The summed E-state index contributed by atoms with van der Waals surface area (Å²) in [5.74, 6) is -0.136. The van der Waals surface area contributed by atoms with Crippen molar-refractivity contribution < 1.29 is 28.6 Å². The minimum atomic E-state index is -0.495. The van der Waals surface area contributed by atoms with E-state index < -0.39 is 5.97 Å². The third-order valence-corrected chi connectivity index (χ3v) is 6.15. The highest BCUT2D eigenvalue weighted by Crippen LogP contribution is 2.39. The van der Waals surface area contributed by atoms with Crippen molar-refractivity contribution in [1.82, 2.24) is 4.90 Å². The Labute approximate surface area is 209 Å². The fourth-order valence-corrected chi connectivity index (χ4v) is 4.51. The van der Waals surface area contributed by atoms with Crippen molar-refractivity contribution in [2.75, 3.05) is 19.8 Å². The average molecular weight is 555 g/mol. The molecule has 1 heterocycles. The number of thioether (sulfide) groups is 1. The van der Waals surface area contributed by atoms with Crippen LogP contribution in [0.3, 0.4) is 0 Å². The first kappa shape index (κ1) is 25.1. The lowest BCUT2D eigenvalue weighted by molar-refractivity contribution is -0.145. The molecule has 1 fully saturated rings. The largest absolute Gasteiger partial charge is 0.490 e. The number of amides is 2. The standard InChI is InChI=1S/C23H21BrClNO6S/c1-3-30-18-10-15(9-17(24)21(18)32-13-20(27)31-4-2)11-19-22(28)26(23(29)33-19)12-14-5-7-16(25)8-6-14/h5-11H,3-4,12-13H2,1-2H3/b19-11+. The number of benzene rings is 2. The minimum absolute atomic E-state index is 0.160. The Kier molecular flexibility index (Phi) is 8.82. The Balaban J connectivity index is 1.81. The second-order valence-electron chi connectivity index (χ2n) is 6.75. The van der Waals surface area contributed by atoms with E-state index in [2.05, 4.69) is 15.9 Å². The first-order chi connectivity index (χ1) is 15.8. The van der Waals surface area contributed by atoms with Gasteiger partial charge < -0.3 is 14.2 Å². The maximum absolute atomic E-state index is 12.9. The summed E-state index contributed by atoms with van der Waals surface area (Å²) in [5, 5.41) is 0.234. The Morgan fingerprint density at radius 3 is 2.52 bits per heavy atom. The van der Waals surface area contributed by atoms with E-state index in [0.29, 0.717) is 38.1 Å². The van der Waals surface area contributed by atoms with Crippen molar-refractivity contribution in [1.29, 1.82) is 0 Å². The molecule has 2 aromatic rings. The van der Waals surface area contributed by atoms with Crippen LogP contribution in [0.25, 0.3) is 6.08 Å². The van der Waals surface area contributed by atoms with Gasteiger partial charge in [-0.15, -0.1) is 0 Å². The molecular formula is C23H21BrClNO6S. The predicted octanol–water partition coefficient (Wildman–Crippen LogP) is 5.68. The summed E-state index contributed by atoms with van der Waals surface area (Å²) >= 11 is 10.2. The topological polar surface area (TPSA) is 82.1 Å². The number of imide groups is 1. The maximum Gasteiger partial charge on any atom is 0.344 e. The summed E-state index contributed by atoms with van der Waals surface area (Å²) in [7, 11) is 0. The fraction of sp³-hybridized carbons (Fsp3) is 0.261. The normalized spacial score (nSPS) is 14.7. The molecule has 0 saturated carbocycles. The number of halogens is 2. The molecule has 0 aromatic heterocycles. The van der Waals surface area contributed by atoms with Gasteiger partial charge in [-0.25, -0.2) is 4.79 Å². The average Bonchev–Trinajstić information content (AvgIpc) is 3.02. The molecule has 0 unspecified atom stereocenters. The van der Waals surface area contributed by atoms with Gasteiger partial charge in [0.05, 0.1) is 29.1 Å². The zero-order chi connectivity index (χ0) is 24.0. The number of carbonyl (C=O) groups excluding carboxylic acids is 3. The maximum atomic E-state index is 12.9. The smallest absolute Gasteiger partial charge is 0.344 e. The van der Waals surface area contributed by atoms with Gasteiger partial charge in [0.15, 0.2) is 18.1 Å². The number of hydrogen-bond donors (Lipinski definition) is 0. The van der Waals surface area contributed by atoms with E-state index in [1.807, 2.05) is 6.92 Å². The molecule has 0 aliphatic carbocycles. The highest BCUT2D eigenvalue weighted by atomic mass is 79.9. The summed E-state index contributed by atoms with van der Waals surface area (Å²) in [5.41, 5.74) is 1.43. The Hall–Kier alpha value is -2.49. The SMILES string of the molecule is CCOC(=O)COc1c(Br)cc(/C=C2/SC(=O)N(Cc3ccc(Cl)cc3)C2=O)cc1OCC. The van der Waals surface area contributed by atoms with Gasteiger partial charge in [-0.2, -0.15) is 0 Å². The molecule has 7 nitrogen and oxygen atoms in total. The van der Waals surface area contributed by atoms with Crippen LogP contribution in [-0.4, -0.2) is 41.8 Å². The van der Waals surface area contributed by atoms with Crippen molar-refractivity contribution >= 4 is 62.5 Å². The Morgan fingerprint density at radius 1 is 1.12 bits per heavy atom. The predicted molar refractivity (Wildman–Crippen MR) is 130 cm³/mol. The zero-order valence-corrected chi connectivity index (χ0v) is 21.1. The van der Waals surface area contributed by atoms with Gasteiger partial charge in [-0.05, 0) is 83.0 Å². The fourth-order valence-electron chi connectivity index (χ4n) is 2.97. The van der Waals surface area contributed by atoms with Crippen LogP contribution in [-0.2, 0) is 20.9 Å². The van der Waals surface area contributed by atoms with E-state index in [4.69, 9.17) is 25.8 Å². The third kappa shape index (κ3) is 6.52. The first-order valence-electron chi connectivity index (χ1n) is 10.1. The molecule has 10 heteroatoms. The van der Waals surface area contributed by atoms with E-state index in [1.165, 1.54) is 4.90 Å². The van der Waals surface area contributed by atoms with Crippen molar-refractivity contribution in [2.45, 2.75) is 20.4 Å². The Morgan fingerprint density at radius 2 is 1.85 bits per heavy atom. The highest BCUT2D eigenvalue weighted by Gasteiger charge is 2.35. The van der Waals surface area contributed by atoms with Crippen LogP contribution >= 0.6 is 39.3 Å². The number of rotatable bonds is 9. The van der Waals surface area contributed by atoms with Gasteiger partial charge in [0.1, 0.15) is 0 Å². The molecule has 2 amide bonds. The summed E-state index contributed by atoms with van der Waals surface area (Å²) in [6, 6.07) is 10.4. The van der Waals surface area contributed by atoms with Crippen molar-refractivity contribution in [2.24, 2.45) is 0 Å². The first-order valence-corrected chi connectivity index (χ1v) is 12.1. The van der Waals surface area contributed by atoms with Crippen LogP contribution in [0.15, 0.2) is 45.8 Å². The van der Waals surface area contributed by atoms with E-state index in [1.54, 1.807) is 49.4 Å². The van der Waals surface area contributed by atoms with E-state index in [-0.39, 0.29) is 30.9 Å². The lowest BCUT2D eigenvalue weighted by atomic mass is 10.1. The molecule has 1 aliphatic heterocycles. The summed E-state index contributed by atoms with van der Waals surface area (Å²) < 4.78 is 16.7. The number of nitrogens with zero attached hydrogens (tertiary/aromatic N) is 1. The molecule has 0 spiro atoms. The van der Waals surface area contributed by atoms with Crippen LogP contribution < -0.4 is 9.47 Å². The molecule has 3 rings (SSSR count). The second kappa shape index (κ2) is 11.6. The molecule has 1 aliphatic rings. The van der Waals surface area contributed by atoms with Gasteiger partial charge in [-0.1, -0.05) is 23.7 Å². The summed E-state index contributed by atoms with van der Waals surface area (Å²) in [4.78, 5) is 38.4. The van der Waals surface area contributed by atoms with Crippen LogP contribution in [0.2, 0.25) is 5.02 Å². The highest BCUT2D eigenvalue weighted by molar-refractivity contribution is 9.10. The van der Waals surface area contributed by atoms with Crippen LogP contribution in [0.5, 0.6) is 11.5 Å². The molecule has 0 bridgehead atoms. The molecule has 174 valence electrons. The van der Waals surface area contributed by atoms with E-state index >= 15 is 0 Å². The Bertz CT molecular complexity index is 1090. The van der Waals surface area contributed by atoms with Crippen molar-refractivity contribution in [3.63, 3.8) is 0 Å². The molecule has 1 saturated heterocycles. The molecule has 0 atom stereocenters. The van der Waals surface area contributed by atoms with Gasteiger partial charge in [0.2, 0.25) is 0 Å². The molecular weight excluding hydrogens is 534 g/mol. The lowest BCUT2D eigenvalue weighted by Crippen LogP contribution is -2.27. The number of hydrogen-bond acceptors (Lipinski definition) is 7. The van der Waals surface area contributed by atoms with Gasteiger partial charge in [0.25, 0.3) is 11.1 Å². The van der Waals surface area contributed by atoms with Crippen LogP contribution in [0.4, 0.5) is 4.79 Å². The number of ether oxygens (including phenoxy) is 3. The quantitative estimate of drug-likeness (QED) is 0.291. The van der Waals surface area contributed by atoms with E-state index in [9.17, 15) is 14.4 Å². The van der Waals surface area contributed by atoms with Crippen LogP contribution in [0, 0.1) is 0 Å². The van der Waals surface area contributed by atoms with E-state index in [0.717, 1.165) is 17.3 Å². The third-order valence-electron chi connectivity index (χ3n) is 4.40. The molecule has 0 radical (unpaired) electrons. The number of esters is 1. The zero-order valence-electron chi connectivity index (χ0n) is 17.9. The molecule has 33 heavy (non-hydrogen) atoms.